The Morgan fingerprint density at radius 3 is 2.61 bits per heavy atom. The lowest BCUT2D eigenvalue weighted by Crippen LogP contribution is -2.42. The van der Waals surface area contributed by atoms with Crippen LogP contribution in [0.15, 0.2) is 36.5 Å². The van der Waals surface area contributed by atoms with Crippen LogP contribution in [0, 0.1) is 12.7 Å². The second-order valence-electron chi connectivity index (χ2n) is 4.62. The van der Waals surface area contributed by atoms with Crippen molar-refractivity contribution in [1.82, 2.24) is 30.4 Å². The molecule has 23 heavy (non-hydrogen) atoms. The molecule has 2 amide bonds. The number of halogens is 1. The molecule has 0 radical (unpaired) electrons. The smallest absolute Gasteiger partial charge is 0.267 e. The Bertz CT molecular complexity index is 907. The van der Waals surface area contributed by atoms with Crippen molar-refractivity contribution < 1.29 is 14.0 Å². The third kappa shape index (κ3) is 2.84. The lowest BCUT2D eigenvalue weighted by Gasteiger charge is -2.05. The Morgan fingerprint density at radius 1 is 1.13 bits per heavy atom. The average molecular weight is 314 g/mol. The minimum atomic E-state index is -0.783. The second-order valence-corrected chi connectivity index (χ2v) is 4.62. The van der Waals surface area contributed by atoms with E-state index in [1.807, 2.05) is 0 Å². The highest BCUT2D eigenvalue weighted by Gasteiger charge is 2.16. The van der Waals surface area contributed by atoms with Gasteiger partial charge in [0.05, 0.1) is 5.56 Å². The molecule has 0 unspecified atom stereocenters. The van der Waals surface area contributed by atoms with Gasteiger partial charge < -0.3 is 0 Å². The van der Waals surface area contributed by atoms with Crippen LogP contribution in [0.3, 0.4) is 0 Å². The minimum absolute atomic E-state index is 0.166. The molecule has 0 bridgehead atoms. The highest BCUT2D eigenvalue weighted by Crippen LogP contribution is 2.05. The van der Waals surface area contributed by atoms with Crippen LogP contribution in [0.5, 0.6) is 0 Å². The van der Waals surface area contributed by atoms with Crippen molar-refractivity contribution in [3.05, 3.63) is 59.4 Å². The predicted octanol–water partition coefficient (Wildman–Crippen LogP) is 0.647. The molecule has 2 N–H and O–H groups in total. The van der Waals surface area contributed by atoms with E-state index in [-0.39, 0.29) is 17.2 Å². The number of rotatable bonds is 2. The zero-order valence-corrected chi connectivity index (χ0v) is 11.9. The SMILES string of the molecule is Cc1ccnc2nc(C(=O)NNC(=O)c3ccccc3F)nn12. The molecule has 0 aliphatic rings. The summed E-state index contributed by atoms with van der Waals surface area (Å²) in [6.45, 7) is 1.78. The molecule has 2 aromatic heterocycles. The van der Waals surface area contributed by atoms with E-state index in [0.29, 0.717) is 0 Å². The lowest BCUT2D eigenvalue weighted by molar-refractivity contribution is 0.0838. The van der Waals surface area contributed by atoms with Crippen molar-refractivity contribution in [3.63, 3.8) is 0 Å². The molecule has 3 aromatic rings. The number of aromatic nitrogens is 4. The van der Waals surface area contributed by atoms with Gasteiger partial charge in [0, 0.05) is 11.9 Å². The summed E-state index contributed by atoms with van der Waals surface area (Å²) >= 11 is 0. The first-order valence-corrected chi connectivity index (χ1v) is 6.60. The molecule has 0 aliphatic carbocycles. The average Bonchev–Trinajstić information content (AvgIpc) is 2.98. The molecule has 0 spiro atoms. The maximum absolute atomic E-state index is 13.5. The van der Waals surface area contributed by atoms with Crippen LogP contribution in [-0.4, -0.2) is 31.4 Å². The largest absolute Gasteiger partial charge is 0.309 e. The van der Waals surface area contributed by atoms with Crippen LogP contribution in [0.4, 0.5) is 4.39 Å². The first-order valence-electron chi connectivity index (χ1n) is 6.60. The fourth-order valence-corrected chi connectivity index (χ4v) is 1.88. The summed E-state index contributed by atoms with van der Waals surface area (Å²) < 4.78 is 14.9. The van der Waals surface area contributed by atoms with Gasteiger partial charge in [-0.2, -0.15) is 4.98 Å². The van der Waals surface area contributed by atoms with Crippen molar-refractivity contribution in [3.8, 4) is 0 Å². The predicted molar refractivity (Wildman–Crippen MR) is 76.9 cm³/mol. The molecule has 9 heteroatoms. The molecule has 116 valence electrons. The van der Waals surface area contributed by atoms with Crippen molar-refractivity contribution >= 4 is 17.6 Å². The Balaban J connectivity index is 1.73. The van der Waals surface area contributed by atoms with Crippen molar-refractivity contribution in [2.75, 3.05) is 0 Å². The fourth-order valence-electron chi connectivity index (χ4n) is 1.88. The van der Waals surface area contributed by atoms with Gasteiger partial charge in [-0.1, -0.05) is 12.1 Å². The number of aryl methyl sites for hydroxylation is 1. The first-order chi connectivity index (χ1) is 11.1. The highest BCUT2D eigenvalue weighted by molar-refractivity contribution is 5.97. The normalized spacial score (nSPS) is 10.5. The molecule has 0 saturated carbocycles. The highest BCUT2D eigenvalue weighted by atomic mass is 19.1. The molecule has 0 fully saturated rings. The van der Waals surface area contributed by atoms with Crippen molar-refractivity contribution in [1.29, 1.82) is 0 Å². The van der Waals surface area contributed by atoms with Gasteiger partial charge in [-0.25, -0.2) is 13.9 Å². The summed E-state index contributed by atoms with van der Waals surface area (Å²) in [6, 6.07) is 7.13. The van der Waals surface area contributed by atoms with Gasteiger partial charge in [-0.3, -0.25) is 20.4 Å². The maximum atomic E-state index is 13.5. The summed E-state index contributed by atoms with van der Waals surface area (Å²) in [6.07, 6.45) is 1.54. The number of nitrogens with one attached hydrogen (secondary N) is 2. The summed E-state index contributed by atoms with van der Waals surface area (Å²) in [5, 5.41) is 3.99. The molecule has 0 saturated heterocycles. The van der Waals surface area contributed by atoms with Crippen LogP contribution in [0.1, 0.15) is 26.7 Å². The van der Waals surface area contributed by atoms with Crippen molar-refractivity contribution in [2.45, 2.75) is 6.92 Å². The molecule has 2 heterocycles. The van der Waals surface area contributed by atoms with E-state index in [0.717, 1.165) is 11.8 Å². The summed E-state index contributed by atoms with van der Waals surface area (Å²) in [5.74, 6) is -2.12. The van der Waals surface area contributed by atoms with Crippen LogP contribution >= 0.6 is 0 Å². The molecule has 0 aliphatic heterocycles. The quantitative estimate of drug-likeness (QED) is 0.676. The standard InChI is InChI=1S/C14H11FN6O2/c1-8-6-7-16-14-17-11(20-21(8)14)13(23)19-18-12(22)9-4-2-3-5-10(9)15/h2-7H,1H3,(H,18,22)(H,19,23). The molecular weight excluding hydrogens is 303 g/mol. The van der Waals surface area contributed by atoms with E-state index >= 15 is 0 Å². The van der Waals surface area contributed by atoms with Crippen molar-refractivity contribution in [2.24, 2.45) is 0 Å². The zero-order valence-electron chi connectivity index (χ0n) is 11.9. The minimum Gasteiger partial charge on any atom is -0.267 e. The van der Waals surface area contributed by atoms with E-state index in [9.17, 15) is 14.0 Å². The number of hydrogen-bond acceptors (Lipinski definition) is 5. The third-order valence-corrected chi connectivity index (χ3v) is 3.04. The van der Waals surface area contributed by atoms with Gasteiger partial charge in [0.25, 0.3) is 11.7 Å². The van der Waals surface area contributed by atoms with Gasteiger partial charge in [-0.05, 0) is 25.1 Å². The number of fused-ring (bicyclic) bond motifs is 1. The molecular formula is C14H11FN6O2. The van der Waals surface area contributed by atoms with Crippen LogP contribution in [0.2, 0.25) is 0 Å². The Hall–Kier alpha value is -3.36. The number of amides is 2. The Labute approximate surface area is 129 Å². The topological polar surface area (TPSA) is 101 Å². The number of benzene rings is 1. The first kappa shape index (κ1) is 14.6. The Kier molecular flexibility index (Phi) is 3.67. The van der Waals surface area contributed by atoms with Gasteiger partial charge in [0.1, 0.15) is 5.82 Å². The number of hydrazine groups is 1. The summed E-state index contributed by atoms with van der Waals surface area (Å²) in [5.41, 5.74) is 4.80. The molecule has 8 nitrogen and oxygen atoms in total. The number of carbonyl (C=O) groups is 2. The Morgan fingerprint density at radius 2 is 1.87 bits per heavy atom. The van der Waals surface area contributed by atoms with E-state index < -0.39 is 17.6 Å². The van der Waals surface area contributed by atoms with E-state index in [1.54, 1.807) is 19.2 Å². The van der Waals surface area contributed by atoms with Crippen LogP contribution < -0.4 is 10.9 Å². The van der Waals surface area contributed by atoms with Gasteiger partial charge >= 0.3 is 5.91 Å². The molecule has 3 rings (SSSR count). The maximum Gasteiger partial charge on any atom is 0.309 e. The monoisotopic (exact) mass is 314 g/mol. The van der Waals surface area contributed by atoms with E-state index in [4.69, 9.17) is 0 Å². The van der Waals surface area contributed by atoms with Crippen LogP contribution in [0.25, 0.3) is 5.78 Å². The zero-order chi connectivity index (χ0) is 16.4. The summed E-state index contributed by atoms with van der Waals surface area (Å²) in [4.78, 5) is 31.7. The lowest BCUT2D eigenvalue weighted by atomic mass is 10.2. The van der Waals surface area contributed by atoms with Gasteiger partial charge in [0.2, 0.25) is 5.82 Å². The molecule has 1 aromatic carbocycles. The van der Waals surface area contributed by atoms with E-state index in [2.05, 4.69) is 25.9 Å². The third-order valence-electron chi connectivity index (χ3n) is 3.04. The summed E-state index contributed by atoms with van der Waals surface area (Å²) in [7, 11) is 0. The number of hydrogen-bond donors (Lipinski definition) is 2. The number of nitrogens with zero attached hydrogens (tertiary/aromatic N) is 4. The van der Waals surface area contributed by atoms with Gasteiger partial charge in [-0.15, -0.1) is 5.10 Å². The second kappa shape index (κ2) is 5.79. The number of carbonyl (C=O) groups excluding carboxylic acids is 2. The van der Waals surface area contributed by atoms with Gasteiger partial charge in [0.15, 0.2) is 0 Å². The van der Waals surface area contributed by atoms with E-state index in [1.165, 1.54) is 22.7 Å². The molecule has 0 atom stereocenters. The van der Waals surface area contributed by atoms with Crippen LogP contribution in [-0.2, 0) is 0 Å². The fraction of sp³-hybridized carbons (Fsp3) is 0.0714.